The van der Waals surface area contributed by atoms with Gasteiger partial charge in [0.15, 0.2) is 6.29 Å². The third-order valence-corrected chi connectivity index (χ3v) is 4.96. The SMILES string of the molecule is O[C@@H]1[C@@H](O)[C@H](O[C@@]2(CCl)O[C@H](CCl)[C@@H](O)[C@@H]2O)O[C@H](CCl)[C@H]1O. The van der Waals surface area contributed by atoms with E-state index in [0.29, 0.717) is 0 Å². The Morgan fingerprint density at radius 1 is 0.826 bits per heavy atom. The lowest BCUT2D eigenvalue weighted by Crippen LogP contribution is -2.62. The van der Waals surface area contributed by atoms with Crippen LogP contribution in [0.5, 0.6) is 0 Å². The zero-order valence-electron chi connectivity index (χ0n) is 11.8. The highest BCUT2D eigenvalue weighted by atomic mass is 35.5. The van der Waals surface area contributed by atoms with Crippen LogP contribution in [0, 0.1) is 0 Å². The van der Waals surface area contributed by atoms with Gasteiger partial charge in [-0.25, -0.2) is 0 Å². The number of alkyl halides is 3. The predicted molar refractivity (Wildman–Crippen MR) is 79.5 cm³/mol. The van der Waals surface area contributed by atoms with Gasteiger partial charge in [0.1, 0.15) is 42.7 Å². The van der Waals surface area contributed by atoms with Crippen LogP contribution in [0.2, 0.25) is 0 Å². The third-order valence-electron chi connectivity index (χ3n) is 3.98. The van der Waals surface area contributed by atoms with Crippen LogP contribution in [0.1, 0.15) is 0 Å². The maximum Gasteiger partial charge on any atom is 0.214 e. The van der Waals surface area contributed by atoms with E-state index < -0.39 is 60.7 Å². The van der Waals surface area contributed by atoms with E-state index in [4.69, 9.17) is 49.0 Å². The lowest BCUT2D eigenvalue weighted by molar-refractivity contribution is -0.366. The number of aliphatic hydroxyl groups is 5. The average Bonchev–Trinajstić information content (AvgIpc) is 2.80. The number of hydrogen-bond acceptors (Lipinski definition) is 8. The molecule has 0 amide bonds. The normalized spacial score (nSPS) is 51.1. The van der Waals surface area contributed by atoms with Gasteiger partial charge in [0.25, 0.3) is 0 Å². The van der Waals surface area contributed by atoms with Crippen LogP contribution in [-0.4, -0.2) is 98.0 Å². The molecular formula is C12H19Cl3O8. The molecule has 2 heterocycles. The molecule has 9 atom stereocenters. The van der Waals surface area contributed by atoms with Crippen molar-refractivity contribution in [3.8, 4) is 0 Å². The van der Waals surface area contributed by atoms with Gasteiger partial charge in [-0.05, 0) is 0 Å². The summed E-state index contributed by atoms with van der Waals surface area (Å²) in [5.74, 6) is -2.60. The van der Waals surface area contributed by atoms with Gasteiger partial charge < -0.3 is 39.7 Å². The quantitative estimate of drug-likeness (QED) is 0.349. The molecule has 0 aromatic carbocycles. The van der Waals surface area contributed by atoms with E-state index in [1.807, 2.05) is 0 Å². The molecule has 5 N–H and O–H groups in total. The molecule has 0 aromatic rings. The van der Waals surface area contributed by atoms with Crippen LogP contribution in [0.3, 0.4) is 0 Å². The summed E-state index contributed by atoms with van der Waals surface area (Å²) in [6, 6.07) is 0. The third kappa shape index (κ3) is 3.58. The van der Waals surface area contributed by atoms with Crippen LogP contribution in [0.4, 0.5) is 0 Å². The first-order valence-corrected chi connectivity index (χ1v) is 8.51. The Morgan fingerprint density at radius 2 is 1.43 bits per heavy atom. The second-order valence-corrected chi connectivity index (χ2v) is 6.36. The molecular weight excluding hydrogens is 378 g/mol. The van der Waals surface area contributed by atoms with Crippen LogP contribution < -0.4 is 0 Å². The van der Waals surface area contributed by atoms with Crippen molar-refractivity contribution in [2.75, 3.05) is 17.6 Å². The first-order chi connectivity index (χ1) is 10.8. The molecule has 0 aliphatic carbocycles. The molecule has 0 radical (unpaired) electrons. The van der Waals surface area contributed by atoms with Gasteiger partial charge in [-0.15, -0.1) is 34.8 Å². The molecule has 2 saturated heterocycles. The monoisotopic (exact) mass is 396 g/mol. The van der Waals surface area contributed by atoms with Crippen molar-refractivity contribution in [3.63, 3.8) is 0 Å². The minimum absolute atomic E-state index is 0.125. The van der Waals surface area contributed by atoms with E-state index >= 15 is 0 Å². The lowest BCUT2D eigenvalue weighted by atomic mass is 9.99. The minimum atomic E-state index is -1.90. The van der Waals surface area contributed by atoms with Crippen molar-refractivity contribution >= 4 is 34.8 Å². The first-order valence-electron chi connectivity index (χ1n) is 6.90. The summed E-state index contributed by atoms with van der Waals surface area (Å²) in [7, 11) is 0. The Bertz CT molecular complexity index is 403. The molecule has 11 heteroatoms. The minimum Gasteiger partial charge on any atom is -0.388 e. The topological polar surface area (TPSA) is 129 Å². The van der Waals surface area contributed by atoms with E-state index in [2.05, 4.69) is 0 Å². The molecule has 0 unspecified atom stereocenters. The standard InChI is InChI=1S/C12H19Cl3O8/c13-1-4-6(16)8(18)9(19)11(21-4)23-12(3-15)10(20)7(17)5(2-14)22-12/h4-11,16-20H,1-3H2/t4-,5-,6-,7-,8+,9-,10+,11+,12-/m1/s1. The predicted octanol–water partition coefficient (Wildman–Crippen LogP) is -1.66. The Kier molecular flexibility index (Phi) is 6.77. The highest BCUT2D eigenvalue weighted by Gasteiger charge is 2.58. The summed E-state index contributed by atoms with van der Waals surface area (Å²) >= 11 is 17.1. The molecule has 2 rings (SSSR count). The van der Waals surface area contributed by atoms with Crippen LogP contribution in [0.15, 0.2) is 0 Å². The van der Waals surface area contributed by atoms with Gasteiger partial charge in [-0.3, -0.25) is 0 Å². The second kappa shape index (κ2) is 7.84. The molecule has 2 aliphatic heterocycles. The summed E-state index contributed by atoms with van der Waals surface area (Å²) in [4.78, 5) is 0. The van der Waals surface area contributed by atoms with Gasteiger partial charge in [0.2, 0.25) is 5.79 Å². The van der Waals surface area contributed by atoms with Crippen LogP contribution in [-0.2, 0) is 14.2 Å². The number of ether oxygens (including phenoxy) is 3. The van der Waals surface area contributed by atoms with Crippen molar-refractivity contribution in [1.82, 2.24) is 0 Å². The molecule has 0 spiro atoms. The average molecular weight is 398 g/mol. The van der Waals surface area contributed by atoms with Gasteiger partial charge in [-0.2, -0.15) is 0 Å². The number of halogens is 3. The lowest BCUT2D eigenvalue weighted by Gasteiger charge is -2.43. The maximum atomic E-state index is 10.1. The number of rotatable bonds is 5. The summed E-state index contributed by atoms with van der Waals surface area (Å²) in [5.41, 5.74) is 0. The van der Waals surface area contributed by atoms with Crippen molar-refractivity contribution in [2.45, 2.75) is 54.8 Å². The molecule has 0 bridgehead atoms. The summed E-state index contributed by atoms with van der Waals surface area (Å²) in [6.45, 7) is 0. The fraction of sp³-hybridized carbons (Fsp3) is 1.00. The number of hydrogen-bond donors (Lipinski definition) is 5. The zero-order valence-corrected chi connectivity index (χ0v) is 14.1. The van der Waals surface area contributed by atoms with Crippen molar-refractivity contribution < 1.29 is 39.7 Å². The first kappa shape index (κ1) is 19.9. The zero-order chi connectivity index (χ0) is 17.4. The van der Waals surface area contributed by atoms with Gasteiger partial charge in [0.05, 0.1) is 17.6 Å². The molecule has 136 valence electrons. The van der Waals surface area contributed by atoms with E-state index in [-0.39, 0.29) is 11.8 Å². The van der Waals surface area contributed by atoms with Crippen LogP contribution >= 0.6 is 34.8 Å². The van der Waals surface area contributed by atoms with E-state index in [9.17, 15) is 25.5 Å². The summed E-state index contributed by atoms with van der Waals surface area (Å²) in [5, 5.41) is 49.6. The number of aliphatic hydroxyl groups excluding tert-OH is 5. The largest absolute Gasteiger partial charge is 0.388 e. The van der Waals surface area contributed by atoms with Crippen LogP contribution in [0.25, 0.3) is 0 Å². The highest BCUT2D eigenvalue weighted by molar-refractivity contribution is 6.19. The Hall–Kier alpha value is 0.550. The molecule has 2 fully saturated rings. The Labute approximate surface area is 147 Å². The smallest absolute Gasteiger partial charge is 0.214 e. The van der Waals surface area contributed by atoms with Gasteiger partial charge in [0, 0.05) is 0 Å². The highest BCUT2D eigenvalue weighted by Crippen LogP contribution is 2.37. The molecule has 0 aromatic heterocycles. The second-order valence-electron chi connectivity index (χ2n) is 5.48. The fourth-order valence-corrected chi connectivity index (χ4v) is 3.34. The van der Waals surface area contributed by atoms with E-state index in [0.717, 1.165) is 0 Å². The van der Waals surface area contributed by atoms with Gasteiger partial charge in [-0.1, -0.05) is 0 Å². The molecule has 8 nitrogen and oxygen atoms in total. The fourth-order valence-electron chi connectivity index (χ4n) is 2.56. The van der Waals surface area contributed by atoms with Crippen molar-refractivity contribution in [2.24, 2.45) is 0 Å². The van der Waals surface area contributed by atoms with Crippen molar-refractivity contribution in [1.29, 1.82) is 0 Å². The Balaban J connectivity index is 2.18. The van der Waals surface area contributed by atoms with Gasteiger partial charge >= 0.3 is 0 Å². The Morgan fingerprint density at radius 3 is 1.91 bits per heavy atom. The summed E-state index contributed by atoms with van der Waals surface area (Å²) < 4.78 is 16.1. The maximum absolute atomic E-state index is 10.1. The molecule has 2 aliphatic rings. The molecule has 0 saturated carbocycles. The van der Waals surface area contributed by atoms with E-state index in [1.165, 1.54) is 0 Å². The molecule has 23 heavy (non-hydrogen) atoms. The van der Waals surface area contributed by atoms with E-state index in [1.54, 1.807) is 0 Å². The summed E-state index contributed by atoms with van der Waals surface area (Å²) in [6.07, 6.45) is -11.0. The van der Waals surface area contributed by atoms with Crippen molar-refractivity contribution in [3.05, 3.63) is 0 Å².